The second kappa shape index (κ2) is 10.4. The molecule has 0 aliphatic carbocycles. The van der Waals surface area contributed by atoms with Crippen LogP contribution in [0.5, 0.6) is 5.75 Å². The van der Waals surface area contributed by atoms with Crippen LogP contribution in [0.1, 0.15) is 17.3 Å². The first-order valence-corrected chi connectivity index (χ1v) is 11.5. The number of halogens is 1. The largest absolute Gasteiger partial charge is 0.490 e. The van der Waals surface area contributed by atoms with E-state index in [2.05, 4.69) is 4.90 Å². The van der Waals surface area contributed by atoms with Crippen LogP contribution in [0.15, 0.2) is 53.3 Å². The minimum atomic E-state index is -0.412. The molecule has 33 heavy (non-hydrogen) atoms. The number of anilines is 1. The molecule has 4 rings (SSSR count). The van der Waals surface area contributed by atoms with Crippen LogP contribution in [0.4, 0.5) is 5.69 Å². The Morgan fingerprint density at radius 3 is 2.55 bits per heavy atom. The number of ether oxygens (including phenoxy) is 2. The molecule has 1 aromatic heterocycles. The number of fused-ring (bicyclic) bond motifs is 1. The van der Waals surface area contributed by atoms with Crippen LogP contribution < -0.4 is 15.2 Å². The van der Waals surface area contributed by atoms with Gasteiger partial charge in [-0.25, -0.2) is 0 Å². The van der Waals surface area contributed by atoms with Crippen molar-refractivity contribution < 1.29 is 14.3 Å². The topological polar surface area (TPSA) is 64.0 Å². The molecule has 3 aromatic rings. The number of nitrogens with zero attached hydrogens (tertiary/aromatic N) is 3. The van der Waals surface area contributed by atoms with Gasteiger partial charge in [0.05, 0.1) is 29.1 Å². The third-order valence-corrected chi connectivity index (χ3v) is 6.24. The number of hydrogen-bond donors (Lipinski definition) is 0. The van der Waals surface area contributed by atoms with Gasteiger partial charge in [-0.3, -0.25) is 14.5 Å². The molecule has 1 aliphatic heterocycles. The second-order valence-corrected chi connectivity index (χ2v) is 8.30. The number of amides is 1. The number of aromatic nitrogens is 1. The third-order valence-electron chi connectivity index (χ3n) is 5.93. The molecule has 2 heterocycles. The number of pyridine rings is 1. The maximum Gasteiger partial charge on any atom is 0.267 e. The van der Waals surface area contributed by atoms with Gasteiger partial charge in [0, 0.05) is 38.9 Å². The van der Waals surface area contributed by atoms with E-state index in [0.717, 1.165) is 13.1 Å². The van der Waals surface area contributed by atoms with E-state index in [9.17, 15) is 9.59 Å². The van der Waals surface area contributed by atoms with Crippen molar-refractivity contribution in [3.05, 3.63) is 69.5 Å². The van der Waals surface area contributed by atoms with Gasteiger partial charge in [-0.15, -0.1) is 0 Å². The molecule has 7 nitrogen and oxygen atoms in total. The lowest BCUT2D eigenvalue weighted by molar-refractivity contribution is 0.0323. The van der Waals surface area contributed by atoms with Crippen LogP contribution in [-0.4, -0.2) is 61.4 Å². The Labute approximate surface area is 198 Å². The fraction of sp³-hybridized carbons (Fsp3) is 0.360. The van der Waals surface area contributed by atoms with Gasteiger partial charge in [-0.05, 0) is 31.2 Å². The number of benzene rings is 2. The van der Waals surface area contributed by atoms with Crippen molar-refractivity contribution >= 4 is 34.1 Å². The zero-order valence-corrected chi connectivity index (χ0v) is 19.7. The molecule has 0 spiro atoms. The van der Waals surface area contributed by atoms with Gasteiger partial charge in [0.15, 0.2) is 0 Å². The summed E-state index contributed by atoms with van der Waals surface area (Å²) in [5, 5.41) is 0.997. The van der Waals surface area contributed by atoms with Gasteiger partial charge in [-0.1, -0.05) is 35.9 Å². The molecule has 0 unspecified atom stereocenters. The highest BCUT2D eigenvalue weighted by Crippen LogP contribution is 2.34. The van der Waals surface area contributed by atoms with Crippen molar-refractivity contribution in [1.82, 2.24) is 9.47 Å². The Bertz CT molecular complexity index is 1190. The number of morpholine rings is 1. The van der Waals surface area contributed by atoms with E-state index < -0.39 is 11.5 Å². The summed E-state index contributed by atoms with van der Waals surface area (Å²) in [6, 6.07) is 14.6. The van der Waals surface area contributed by atoms with Crippen LogP contribution in [0, 0.1) is 0 Å². The normalized spacial score (nSPS) is 14.4. The van der Waals surface area contributed by atoms with Gasteiger partial charge in [0.2, 0.25) is 0 Å². The monoisotopic (exact) mass is 469 g/mol. The Morgan fingerprint density at radius 2 is 1.85 bits per heavy atom. The van der Waals surface area contributed by atoms with E-state index in [1.807, 2.05) is 37.3 Å². The highest BCUT2D eigenvalue weighted by atomic mass is 35.5. The summed E-state index contributed by atoms with van der Waals surface area (Å²) in [6.45, 7) is 6.29. The van der Waals surface area contributed by atoms with Crippen molar-refractivity contribution in [3.63, 3.8) is 0 Å². The van der Waals surface area contributed by atoms with Crippen LogP contribution in [0.3, 0.4) is 0 Å². The zero-order valence-electron chi connectivity index (χ0n) is 18.9. The Morgan fingerprint density at radius 1 is 1.12 bits per heavy atom. The first-order valence-electron chi connectivity index (χ1n) is 11.1. The van der Waals surface area contributed by atoms with E-state index in [4.69, 9.17) is 21.1 Å². The van der Waals surface area contributed by atoms with Crippen molar-refractivity contribution in [2.75, 3.05) is 50.9 Å². The van der Waals surface area contributed by atoms with Crippen LogP contribution in [-0.2, 0) is 11.8 Å². The Hall–Kier alpha value is -2.87. The number of aryl methyl sites for hydroxylation is 1. The minimum Gasteiger partial charge on any atom is -0.490 e. The van der Waals surface area contributed by atoms with Crippen LogP contribution in [0.2, 0.25) is 5.02 Å². The summed E-state index contributed by atoms with van der Waals surface area (Å²) >= 11 is 6.57. The van der Waals surface area contributed by atoms with Gasteiger partial charge in [0.25, 0.3) is 11.5 Å². The lowest BCUT2D eigenvalue weighted by atomic mass is 10.1. The van der Waals surface area contributed by atoms with Gasteiger partial charge < -0.3 is 18.9 Å². The zero-order chi connectivity index (χ0) is 23.4. The first kappa shape index (κ1) is 23.3. The summed E-state index contributed by atoms with van der Waals surface area (Å²) in [6.07, 6.45) is 0. The van der Waals surface area contributed by atoms with E-state index in [0.29, 0.717) is 54.5 Å². The van der Waals surface area contributed by atoms with Gasteiger partial charge >= 0.3 is 0 Å². The average Bonchev–Trinajstić information content (AvgIpc) is 2.84. The standard InChI is InChI=1S/C25H28ClN3O4/c1-3-29(18-8-5-4-6-9-18)25(31)22-23(33-17-14-28-12-15-32-16-13-28)21-19(26)10-7-11-20(21)27(2)24(22)30/h4-11H,3,12-17H2,1-2H3. The molecule has 0 saturated carbocycles. The van der Waals surface area contributed by atoms with Crippen molar-refractivity contribution in [3.8, 4) is 5.75 Å². The number of rotatable bonds is 7. The number of carbonyl (C=O) groups is 1. The molecule has 1 fully saturated rings. The molecular weight excluding hydrogens is 442 g/mol. The molecule has 174 valence electrons. The smallest absolute Gasteiger partial charge is 0.267 e. The quantitative estimate of drug-likeness (QED) is 0.529. The molecule has 8 heteroatoms. The van der Waals surface area contributed by atoms with Crippen molar-refractivity contribution in [1.29, 1.82) is 0 Å². The summed E-state index contributed by atoms with van der Waals surface area (Å²) in [5.74, 6) is -0.168. The molecule has 2 aromatic carbocycles. The highest BCUT2D eigenvalue weighted by Gasteiger charge is 2.28. The van der Waals surface area contributed by atoms with Gasteiger partial charge in [-0.2, -0.15) is 0 Å². The minimum absolute atomic E-state index is 0.00854. The fourth-order valence-electron chi connectivity index (χ4n) is 4.14. The molecular formula is C25H28ClN3O4. The van der Waals surface area contributed by atoms with E-state index in [1.165, 1.54) is 4.57 Å². The molecule has 0 bridgehead atoms. The summed E-state index contributed by atoms with van der Waals surface area (Å²) in [4.78, 5) is 31.0. The summed E-state index contributed by atoms with van der Waals surface area (Å²) in [5.41, 5.74) is 0.912. The summed E-state index contributed by atoms with van der Waals surface area (Å²) in [7, 11) is 1.65. The van der Waals surface area contributed by atoms with Crippen LogP contribution in [0.25, 0.3) is 10.9 Å². The van der Waals surface area contributed by atoms with E-state index in [-0.39, 0.29) is 11.3 Å². The van der Waals surface area contributed by atoms with E-state index >= 15 is 0 Å². The van der Waals surface area contributed by atoms with Crippen molar-refractivity contribution in [2.24, 2.45) is 7.05 Å². The fourth-order valence-corrected chi connectivity index (χ4v) is 4.39. The molecule has 1 saturated heterocycles. The number of carbonyl (C=O) groups excluding carboxylic acids is 1. The summed E-state index contributed by atoms with van der Waals surface area (Å²) < 4.78 is 13.1. The highest BCUT2D eigenvalue weighted by molar-refractivity contribution is 6.36. The maximum atomic E-state index is 13.8. The van der Waals surface area contributed by atoms with Crippen molar-refractivity contribution in [2.45, 2.75) is 6.92 Å². The van der Waals surface area contributed by atoms with Gasteiger partial charge in [0.1, 0.15) is 17.9 Å². The lowest BCUT2D eigenvalue weighted by Crippen LogP contribution is -2.39. The molecule has 0 N–H and O–H groups in total. The van der Waals surface area contributed by atoms with E-state index in [1.54, 1.807) is 30.1 Å². The Kier molecular flexibility index (Phi) is 7.33. The second-order valence-electron chi connectivity index (χ2n) is 7.89. The molecule has 1 amide bonds. The third kappa shape index (κ3) is 4.76. The predicted octanol–water partition coefficient (Wildman–Crippen LogP) is 3.57. The number of hydrogen-bond acceptors (Lipinski definition) is 5. The number of para-hydroxylation sites is 1. The Balaban J connectivity index is 1.79. The average molecular weight is 470 g/mol. The predicted molar refractivity (Wildman–Crippen MR) is 131 cm³/mol. The molecule has 0 atom stereocenters. The first-order chi connectivity index (χ1) is 16.0. The molecule has 0 radical (unpaired) electrons. The SMILES string of the molecule is CCN(C(=O)c1c(OCCN2CCOCC2)c2c(Cl)cccc2n(C)c1=O)c1ccccc1. The van der Waals surface area contributed by atoms with Crippen LogP contribution >= 0.6 is 11.6 Å². The lowest BCUT2D eigenvalue weighted by Gasteiger charge is -2.27. The molecule has 1 aliphatic rings. The maximum absolute atomic E-state index is 13.8.